The van der Waals surface area contributed by atoms with E-state index < -0.39 is 35.6 Å². The van der Waals surface area contributed by atoms with Crippen molar-refractivity contribution in [3.8, 4) is 16.3 Å². The molecule has 1 aliphatic heterocycles. The second kappa shape index (κ2) is 11.4. The number of hydrogen-bond donors (Lipinski definition) is 2. The highest BCUT2D eigenvalue weighted by molar-refractivity contribution is 7.18. The van der Waals surface area contributed by atoms with Gasteiger partial charge in [-0.2, -0.15) is 0 Å². The van der Waals surface area contributed by atoms with E-state index in [4.69, 9.17) is 0 Å². The summed E-state index contributed by atoms with van der Waals surface area (Å²) in [6.07, 6.45) is -4.99. The number of alkyl halides is 3. The molecule has 202 valence electrons. The van der Waals surface area contributed by atoms with Crippen molar-refractivity contribution in [2.45, 2.75) is 6.36 Å². The van der Waals surface area contributed by atoms with E-state index in [0.29, 0.717) is 13.1 Å². The molecule has 1 saturated heterocycles. The molecule has 1 aromatic heterocycles. The molecule has 9 nitrogen and oxygen atoms in total. The molecule has 2 amide bonds. The maximum absolute atomic E-state index is 14.1. The Kier molecular flexibility index (Phi) is 8.18. The fourth-order valence-corrected chi connectivity index (χ4v) is 4.39. The van der Waals surface area contributed by atoms with Gasteiger partial charge in [0, 0.05) is 32.2 Å². The van der Waals surface area contributed by atoms with E-state index in [0.717, 1.165) is 60.8 Å². The van der Waals surface area contributed by atoms with Crippen LogP contribution in [0.3, 0.4) is 0 Å². The van der Waals surface area contributed by atoms with Crippen molar-refractivity contribution in [1.29, 1.82) is 0 Å². The molecule has 38 heavy (non-hydrogen) atoms. The number of aromatic nitrogens is 2. The summed E-state index contributed by atoms with van der Waals surface area (Å²) >= 11 is 0.754. The number of rotatable bonds is 7. The third-order valence-corrected chi connectivity index (χ3v) is 6.38. The second-order valence-corrected chi connectivity index (χ2v) is 9.35. The summed E-state index contributed by atoms with van der Waals surface area (Å²) in [6.45, 7) is 2.72. The molecular weight excluding hydrogens is 535 g/mol. The maximum Gasteiger partial charge on any atom is 0.573 e. The van der Waals surface area contributed by atoms with Gasteiger partial charge in [-0.3, -0.25) is 19.8 Å². The van der Waals surface area contributed by atoms with Gasteiger partial charge in [0.15, 0.2) is 5.01 Å². The molecule has 0 spiro atoms. The monoisotopic (exact) mass is 556 g/mol. The fourth-order valence-electron chi connectivity index (χ4n) is 3.63. The van der Waals surface area contributed by atoms with Crippen molar-refractivity contribution in [3.63, 3.8) is 0 Å². The Labute approximate surface area is 217 Å². The van der Waals surface area contributed by atoms with Gasteiger partial charge in [-0.05, 0) is 37.4 Å². The SMILES string of the molecule is CN1CCN(CC(=O)Nc2cc(OC(F)(F)F)ccc2C(=O)Nc2nnc(-c3cc(F)ccc3F)s2)CC1. The summed E-state index contributed by atoms with van der Waals surface area (Å²) in [5.41, 5.74) is -0.558. The van der Waals surface area contributed by atoms with Crippen LogP contribution in [0.4, 0.5) is 32.8 Å². The summed E-state index contributed by atoms with van der Waals surface area (Å²) in [7, 11) is 1.95. The van der Waals surface area contributed by atoms with Crippen LogP contribution in [0.25, 0.3) is 10.6 Å². The van der Waals surface area contributed by atoms with Crippen molar-refractivity contribution in [1.82, 2.24) is 20.0 Å². The standard InChI is InChI=1S/C23H21F5N6O3S/c1-33-6-8-34(9-7-33)12-19(35)29-18-11-14(37-23(26,27)28)3-4-15(18)20(36)30-22-32-31-21(38-22)16-10-13(24)2-5-17(16)25/h2-5,10-11H,6-9,12H2,1H3,(H,29,35)(H,30,32,36). The first-order valence-electron chi connectivity index (χ1n) is 11.2. The summed E-state index contributed by atoms with van der Waals surface area (Å²) < 4.78 is 69.8. The van der Waals surface area contributed by atoms with Crippen LogP contribution in [0.2, 0.25) is 0 Å². The lowest BCUT2D eigenvalue weighted by Crippen LogP contribution is -2.47. The van der Waals surface area contributed by atoms with Gasteiger partial charge in [0.05, 0.1) is 23.4 Å². The summed E-state index contributed by atoms with van der Waals surface area (Å²) in [4.78, 5) is 29.6. The molecule has 0 radical (unpaired) electrons. The van der Waals surface area contributed by atoms with Crippen LogP contribution < -0.4 is 15.4 Å². The van der Waals surface area contributed by atoms with Crippen molar-refractivity contribution in [2.75, 3.05) is 50.4 Å². The number of nitrogens with zero attached hydrogens (tertiary/aromatic N) is 4. The first kappa shape index (κ1) is 27.3. The average Bonchev–Trinajstić information content (AvgIpc) is 3.29. The van der Waals surface area contributed by atoms with Crippen LogP contribution in [-0.2, 0) is 4.79 Å². The van der Waals surface area contributed by atoms with Gasteiger partial charge in [-0.15, -0.1) is 23.4 Å². The minimum Gasteiger partial charge on any atom is -0.406 e. The van der Waals surface area contributed by atoms with Gasteiger partial charge >= 0.3 is 6.36 Å². The first-order chi connectivity index (χ1) is 18.0. The topological polar surface area (TPSA) is 99.7 Å². The van der Waals surface area contributed by atoms with E-state index in [-0.39, 0.29) is 33.5 Å². The summed E-state index contributed by atoms with van der Waals surface area (Å²) in [5.74, 6) is -3.44. The van der Waals surface area contributed by atoms with E-state index in [1.54, 1.807) is 0 Å². The molecule has 15 heteroatoms. The quantitative estimate of drug-likeness (QED) is 0.427. The zero-order chi connectivity index (χ0) is 27.4. The molecule has 1 aliphatic rings. The third kappa shape index (κ3) is 7.20. The lowest BCUT2D eigenvalue weighted by molar-refractivity contribution is -0.274. The Morgan fingerprint density at radius 3 is 2.47 bits per heavy atom. The number of hydrogen-bond acceptors (Lipinski definition) is 8. The van der Waals surface area contributed by atoms with Crippen molar-refractivity contribution < 1.29 is 36.3 Å². The minimum atomic E-state index is -4.99. The molecule has 0 unspecified atom stereocenters. The van der Waals surface area contributed by atoms with Crippen LogP contribution >= 0.6 is 11.3 Å². The highest BCUT2D eigenvalue weighted by Crippen LogP contribution is 2.31. The third-order valence-electron chi connectivity index (χ3n) is 5.51. The second-order valence-electron chi connectivity index (χ2n) is 8.37. The molecule has 4 rings (SSSR count). The Bertz CT molecular complexity index is 1330. The smallest absolute Gasteiger partial charge is 0.406 e. The number of ether oxygens (including phenoxy) is 1. The largest absolute Gasteiger partial charge is 0.573 e. The van der Waals surface area contributed by atoms with Crippen molar-refractivity contribution >= 4 is 34.0 Å². The number of nitrogens with one attached hydrogen (secondary N) is 2. The zero-order valence-corrected chi connectivity index (χ0v) is 20.6. The Hall–Kier alpha value is -3.69. The number of likely N-dealkylation sites (N-methyl/N-ethyl adjacent to an activating group) is 1. The highest BCUT2D eigenvalue weighted by Gasteiger charge is 2.32. The molecule has 0 aliphatic carbocycles. The van der Waals surface area contributed by atoms with Gasteiger partial charge in [-0.1, -0.05) is 11.3 Å². The highest BCUT2D eigenvalue weighted by atomic mass is 32.1. The number of carbonyl (C=O) groups excluding carboxylic acids is 2. The number of benzene rings is 2. The van der Waals surface area contributed by atoms with Gasteiger partial charge in [0.2, 0.25) is 11.0 Å². The summed E-state index contributed by atoms with van der Waals surface area (Å²) in [6, 6.07) is 5.65. The van der Waals surface area contributed by atoms with E-state index in [1.807, 2.05) is 11.9 Å². The van der Waals surface area contributed by atoms with E-state index in [2.05, 4.69) is 30.5 Å². The van der Waals surface area contributed by atoms with E-state index in [1.165, 1.54) is 0 Å². The maximum atomic E-state index is 14.1. The van der Waals surface area contributed by atoms with Crippen molar-refractivity contribution in [2.24, 2.45) is 0 Å². The molecule has 0 atom stereocenters. The van der Waals surface area contributed by atoms with Crippen LogP contribution in [0.5, 0.6) is 5.75 Å². The zero-order valence-electron chi connectivity index (χ0n) is 19.8. The first-order valence-corrected chi connectivity index (χ1v) is 12.0. The molecule has 2 heterocycles. The number of amides is 2. The summed E-state index contributed by atoms with van der Waals surface area (Å²) in [5, 5.41) is 12.3. The average molecular weight is 557 g/mol. The molecule has 2 aromatic carbocycles. The molecule has 0 saturated carbocycles. The number of halogens is 5. The number of anilines is 2. The number of piperazine rings is 1. The lowest BCUT2D eigenvalue weighted by Gasteiger charge is -2.31. The van der Waals surface area contributed by atoms with Gasteiger partial charge in [0.25, 0.3) is 5.91 Å². The van der Waals surface area contributed by atoms with Crippen molar-refractivity contribution in [3.05, 3.63) is 53.6 Å². The normalized spacial score (nSPS) is 14.8. The fraction of sp³-hybridized carbons (Fsp3) is 0.304. The Balaban J connectivity index is 1.53. The molecule has 1 fully saturated rings. The molecule has 3 aromatic rings. The Morgan fingerprint density at radius 2 is 1.76 bits per heavy atom. The van der Waals surface area contributed by atoms with Crippen LogP contribution in [0, 0.1) is 11.6 Å². The van der Waals surface area contributed by atoms with E-state index >= 15 is 0 Å². The number of carbonyl (C=O) groups is 2. The van der Waals surface area contributed by atoms with Crippen LogP contribution in [-0.4, -0.2) is 77.9 Å². The molecule has 0 bridgehead atoms. The van der Waals surface area contributed by atoms with Crippen LogP contribution in [0.1, 0.15) is 10.4 Å². The predicted molar refractivity (Wildman–Crippen MR) is 129 cm³/mol. The Morgan fingerprint density at radius 1 is 1.03 bits per heavy atom. The minimum absolute atomic E-state index is 0.00747. The van der Waals surface area contributed by atoms with Gasteiger partial charge in [-0.25, -0.2) is 8.78 Å². The predicted octanol–water partition coefficient (Wildman–Crippen LogP) is 3.82. The van der Waals surface area contributed by atoms with Gasteiger partial charge in [0.1, 0.15) is 17.4 Å². The van der Waals surface area contributed by atoms with Crippen LogP contribution in [0.15, 0.2) is 36.4 Å². The molecular formula is C23H21F5N6O3S. The molecule has 2 N–H and O–H groups in total. The lowest BCUT2D eigenvalue weighted by atomic mass is 10.1. The van der Waals surface area contributed by atoms with E-state index in [9.17, 15) is 31.5 Å². The van der Waals surface area contributed by atoms with Gasteiger partial charge < -0.3 is 15.0 Å².